The third-order valence-corrected chi connectivity index (χ3v) is 1.37. The van der Waals surface area contributed by atoms with Crippen LogP contribution >= 0.6 is 0 Å². The summed E-state index contributed by atoms with van der Waals surface area (Å²) in [5, 5.41) is 0. The Balaban J connectivity index is -0.000000258. The van der Waals surface area contributed by atoms with Gasteiger partial charge < -0.3 is 4.42 Å². The van der Waals surface area contributed by atoms with Crippen LogP contribution in [-0.2, 0) is 20.4 Å². The molecule has 0 N–H and O–H groups in total. The van der Waals surface area contributed by atoms with Gasteiger partial charge in [0.15, 0.2) is 0 Å². The van der Waals surface area contributed by atoms with E-state index in [1.165, 1.54) is 0 Å². The van der Waals surface area contributed by atoms with Crippen molar-refractivity contribution < 1.29 is 24.8 Å². The summed E-state index contributed by atoms with van der Waals surface area (Å²) in [6.07, 6.45) is 6.12. The summed E-state index contributed by atoms with van der Waals surface area (Å²) in [4.78, 5) is 0. The molecule has 1 rings (SSSR count). The largest absolute Gasteiger partial charge is 0.591 e. The van der Waals surface area contributed by atoms with E-state index in [1.807, 2.05) is 34.6 Å². The van der Waals surface area contributed by atoms with Crippen LogP contribution in [0.25, 0.3) is 12.2 Å². The molecule has 0 amide bonds. The summed E-state index contributed by atoms with van der Waals surface area (Å²) >= 11 is 0. The zero-order chi connectivity index (χ0) is 11.6. The van der Waals surface area contributed by atoms with Gasteiger partial charge in [-0.3, -0.25) is 0 Å². The summed E-state index contributed by atoms with van der Waals surface area (Å²) in [5.74, 6) is 0.743. The minimum absolute atomic E-state index is 0. The Labute approximate surface area is 108 Å². The van der Waals surface area contributed by atoms with Crippen molar-refractivity contribution in [3.8, 4) is 0 Å². The molecular weight excluding hydrogens is 358 g/mol. The van der Waals surface area contributed by atoms with Gasteiger partial charge >= 0.3 is 0 Å². The van der Waals surface area contributed by atoms with Gasteiger partial charge in [-0.1, -0.05) is 40.7 Å². The van der Waals surface area contributed by atoms with Gasteiger partial charge in [-0.15, -0.1) is 30.4 Å². The van der Waals surface area contributed by atoms with Crippen LogP contribution in [0.5, 0.6) is 0 Å². The van der Waals surface area contributed by atoms with Crippen molar-refractivity contribution in [3.05, 3.63) is 36.3 Å². The van der Waals surface area contributed by atoms with E-state index >= 15 is 0 Å². The molecule has 87 valence electrons. The van der Waals surface area contributed by atoms with Crippen LogP contribution in [0.3, 0.4) is 0 Å². The zero-order valence-electron chi connectivity index (χ0n) is 10.4. The van der Waals surface area contributed by atoms with Crippen molar-refractivity contribution in [2.24, 2.45) is 0 Å². The Morgan fingerprint density at radius 2 is 1.53 bits per heavy atom. The maximum Gasteiger partial charge on any atom is 0 e. The third kappa shape index (κ3) is 6.49. The molecule has 0 saturated carbocycles. The molecular formula is C13H21ORe-. The Morgan fingerprint density at radius 1 is 1.07 bits per heavy atom. The SMILES string of the molecule is C=Cc1o[c-]c(C)c1C=C.CC.CC.[Re]. The van der Waals surface area contributed by atoms with Gasteiger partial charge in [-0.2, -0.15) is 0 Å². The van der Waals surface area contributed by atoms with Gasteiger partial charge in [0.2, 0.25) is 0 Å². The molecule has 1 aromatic rings. The van der Waals surface area contributed by atoms with Gasteiger partial charge in [-0.25, -0.2) is 0 Å². The van der Waals surface area contributed by atoms with Crippen LogP contribution < -0.4 is 0 Å². The maximum absolute atomic E-state index is 5.02. The second kappa shape index (κ2) is 13.4. The van der Waals surface area contributed by atoms with Crippen molar-refractivity contribution >= 4 is 12.2 Å². The Bertz CT molecular complexity index is 261. The van der Waals surface area contributed by atoms with Crippen LogP contribution in [0.2, 0.25) is 0 Å². The first kappa shape index (κ1) is 19.9. The molecule has 0 unspecified atom stereocenters. The van der Waals surface area contributed by atoms with Gasteiger partial charge in [-0.05, 0) is 12.0 Å². The van der Waals surface area contributed by atoms with Gasteiger partial charge in [0.05, 0.1) is 0 Å². The molecule has 1 radical (unpaired) electrons. The standard InChI is InChI=1S/C9H9O.2C2H6.Re/c1-4-8-7(3)6-10-9(8)5-2;2*1-2;/h4-5H,1-2H2,3H3;2*1-2H3;/q-1;;;. The number of hydrogen-bond donors (Lipinski definition) is 0. The quantitative estimate of drug-likeness (QED) is 0.678. The summed E-state index contributed by atoms with van der Waals surface area (Å²) in [6, 6.07) is 0. The van der Waals surface area contributed by atoms with Crippen molar-refractivity contribution in [2.75, 3.05) is 0 Å². The molecule has 0 bridgehead atoms. The smallest absolute Gasteiger partial charge is 0 e. The molecule has 1 aromatic heterocycles. The van der Waals surface area contributed by atoms with E-state index in [0.717, 1.165) is 16.9 Å². The predicted octanol–water partition coefficient (Wildman–Crippen LogP) is 4.72. The molecule has 0 atom stereocenters. The number of hydrogen-bond acceptors (Lipinski definition) is 1. The van der Waals surface area contributed by atoms with Crippen molar-refractivity contribution in [2.45, 2.75) is 34.6 Å². The van der Waals surface area contributed by atoms with E-state index in [-0.39, 0.29) is 20.4 Å². The van der Waals surface area contributed by atoms with Crippen LogP contribution in [0.15, 0.2) is 17.6 Å². The monoisotopic (exact) mass is 380 g/mol. The van der Waals surface area contributed by atoms with E-state index in [0.29, 0.717) is 0 Å². The summed E-state index contributed by atoms with van der Waals surface area (Å²) in [5.41, 5.74) is 1.96. The molecule has 0 aliphatic heterocycles. The van der Waals surface area contributed by atoms with E-state index in [1.54, 1.807) is 12.2 Å². The fourth-order valence-electron chi connectivity index (χ4n) is 0.832. The minimum Gasteiger partial charge on any atom is -0.591 e. The molecule has 1 nitrogen and oxygen atoms in total. The van der Waals surface area contributed by atoms with E-state index in [2.05, 4.69) is 19.4 Å². The summed E-state index contributed by atoms with van der Waals surface area (Å²) < 4.78 is 5.02. The molecule has 0 spiro atoms. The molecule has 0 fully saturated rings. The van der Waals surface area contributed by atoms with E-state index in [4.69, 9.17) is 4.42 Å². The molecule has 0 aliphatic carbocycles. The predicted molar refractivity (Wildman–Crippen MR) is 65.2 cm³/mol. The fourth-order valence-corrected chi connectivity index (χ4v) is 0.832. The average molecular weight is 380 g/mol. The molecule has 15 heavy (non-hydrogen) atoms. The van der Waals surface area contributed by atoms with Crippen LogP contribution in [0.4, 0.5) is 0 Å². The first-order chi connectivity index (χ1) is 6.79. The average Bonchev–Trinajstić information content (AvgIpc) is 2.64. The molecule has 0 aromatic carbocycles. The molecule has 0 aliphatic rings. The Morgan fingerprint density at radius 3 is 1.80 bits per heavy atom. The second-order valence-corrected chi connectivity index (χ2v) is 2.02. The molecule has 0 saturated heterocycles. The first-order valence-corrected chi connectivity index (χ1v) is 5.05. The van der Waals surface area contributed by atoms with Crippen LogP contribution in [0, 0.1) is 13.2 Å². The Hall–Kier alpha value is -0.578. The second-order valence-electron chi connectivity index (χ2n) is 2.02. The van der Waals surface area contributed by atoms with E-state index in [9.17, 15) is 0 Å². The van der Waals surface area contributed by atoms with Gasteiger partial charge in [0, 0.05) is 20.4 Å². The minimum atomic E-state index is 0. The van der Waals surface area contributed by atoms with Crippen LogP contribution in [-0.4, -0.2) is 0 Å². The van der Waals surface area contributed by atoms with Crippen molar-refractivity contribution in [1.82, 2.24) is 0 Å². The van der Waals surface area contributed by atoms with Gasteiger partial charge in [0.25, 0.3) is 0 Å². The number of rotatable bonds is 2. The number of furan rings is 1. The van der Waals surface area contributed by atoms with Gasteiger partial charge in [0.1, 0.15) is 0 Å². The molecule has 2 heteroatoms. The fraction of sp³-hybridized carbons (Fsp3) is 0.385. The maximum atomic E-state index is 5.02. The van der Waals surface area contributed by atoms with Crippen LogP contribution in [0.1, 0.15) is 44.6 Å². The normalized spacial score (nSPS) is 7.00. The third-order valence-electron chi connectivity index (χ3n) is 1.37. The van der Waals surface area contributed by atoms with Crippen molar-refractivity contribution in [3.63, 3.8) is 0 Å². The number of aryl methyl sites for hydroxylation is 1. The Kier molecular flexibility index (Phi) is 17.8. The van der Waals surface area contributed by atoms with E-state index < -0.39 is 0 Å². The summed E-state index contributed by atoms with van der Waals surface area (Å²) in [7, 11) is 0. The first-order valence-electron chi connectivity index (χ1n) is 5.05. The zero-order valence-corrected chi connectivity index (χ0v) is 13.1. The van der Waals surface area contributed by atoms with Crippen molar-refractivity contribution in [1.29, 1.82) is 0 Å². The summed E-state index contributed by atoms with van der Waals surface area (Å²) in [6.45, 7) is 17.2. The topological polar surface area (TPSA) is 13.1 Å². The molecule has 1 heterocycles.